The van der Waals surface area contributed by atoms with Crippen molar-refractivity contribution in [1.82, 2.24) is 4.90 Å². The van der Waals surface area contributed by atoms with Gasteiger partial charge in [0.05, 0.1) is 32.9 Å². The number of carbonyl (C=O) groups excluding carboxylic acids is 2. The van der Waals surface area contributed by atoms with Gasteiger partial charge in [-0.05, 0) is 65.4 Å². The molecule has 3 aromatic rings. The molecule has 1 aliphatic heterocycles. The SMILES string of the molecule is COC(=O)c1ccc(C(=O)N2CCc3cc(OC)c(OC)c4c3[C@H]2Cc2ccccc2-4)cc1. The average Bonchev–Trinajstić information content (AvgIpc) is 2.87. The molecular formula is C27H25NO5. The summed E-state index contributed by atoms with van der Waals surface area (Å²) in [6.07, 6.45) is 1.46. The largest absolute Gasteiger partial charge is 0.493 e. The van der Waals surface area contributed by atoms with E-state index in [-0.39, 0.29) is 11.9 Å². The van der Waals surface area contributed by atoms with Gasteiger partial charge in [0.2, 0.25) is 0 Å². The monoisotopic (exact) mass is 443 g/mol. The molecule has 0 N–H and O–H groups in total. The molecule has 2 aliphatic rings. The molecule has 1 atom stereocenters. The molecule has 0 fully saturated rings. The summed E-state index contributed by atoms with van der Waals surface area (Å²) in [5, 5.41) is 0. The molecule has 1 aliphatic carbocycles. The van der Waals surface area contributed by atoms with Crippen molar-refractivity contribution in [2.45, 2.75) is 18.9 Å². The Morgan fingerprint density at radius 2 is 1.64 bits per heavy atom. The van der Waals surface area contributed by atoms with Gasteiger partial charge in [0.25, 0.3) is 5.91 Å². The number of benzene rings is 3. The lowest BCUT2D eigenvalue weighted by atomic mass is 9.76. The van der Waals surface area contributed by atoms with Gasteiger partial charge in [0.15, 0.2) is 11.5 Å². The van der Waals surface area contributed by atoms with Crippen molar-refractivity contribution in [1.29, 1.82) is 0 Å². The van der Waals surface area contributed by atoms with Crippen LogP contribution in [0.4, 0.5) is 0 Å². The van der Waals surface area contributed by atoms with Gasteiger partial charge in [-0.25, -0.2) is 4.79 Å². The van der Waals surface area contributed by atoms with Crippen LogP contribution in [-0.4, -0.2) is 44.7 Å². The van der Waals surface area contributed by atoms with Crippen LogP contribution in [0, 0.1) is 0 Å². The molecule has 5 rings (SSSR count). The third-order valence-corrected chi connectivity index (χ3v) is 6.64. The zero-order valence-electron chi connectivity index (χ0n) is 18.9. The second-order valence-electron chi connectivity index (χ2n) is 8.25. The highest BCUT2D eigenvalue weighted by Crippen LogP contribution is 2.52. The smallest absolute Gasteiger partial charge is 0.337 e. The molecule has 3 aromatic carbocycles. The first kappa shape index (κ1) is 21.1. The molecule has 168 valence electrons. The highest BCUT2D eigenvalue weighted by Gasteiger charge is 2.39. The van der Waals surface area contributed by atoms with Crippen LogP contribution in [0.15, 0.2) is 54.6 Å². The van der Waals surface area contributed by atoms with Crippen molar-refractivity contribution < 1.29 is 23.8 Å². The Hall–Kier alpha value is -3.80. The summed E-state index contributed by atoms with van der Waals surface area (Å²) in [6.45, 7) is 0.604. The van der Waals surface area contributed by atoms with E-state index in [1.165, 1.54) is 18.2 Å². The van der Waals surface area contributed by atoms with Gasteiger partial charge in [0.1, 0.15) is 0 Å². The van der Waals surface area contributed by atoms with Gasteiger partial charge in [-0.15, -0.1) is 0 Å². The molecule has 0 saturated carbocycles. The van der Waals surface area contributed by atoms with E-state index in [0.29, 0.717) is 29.2 Å². The highest BCUT2D eigenvalue weighted by atomic mass is 16.5. The first-order valence-corrected chi connectivity index (χ1v) is 10.9. The first-order valence-electron chi connectivity index (χ1n) is 10.9. The standard InChI is InChI=1S/C27H25NO5/c1-31-22-15-19-12-13-28(26(29)16-8-10-17(11-9-16)27(30)33-3)21-14-18-6-4-5-7-20(18)24(23(19)21)25(22)32-2/h4-11,15,21H,12-14H2,1-3H3/t21-/m1/s1. The fourth-order valence-electron chi connectivity index (χ4n) is 5.11. The van der Waals surface area contributed by atoms with Gasteiger partial charge in [-0.3, -0.25) is 4.79 Å². The molecular weight excluding hydrogens is 418 g/mol. The Morgan fingerprint density at radius 3 is 2.33 bits per heavy atom. The Labute approximate surface area is 192 Å². The highest BCUT2D eigenvalue weighted by molar-refractivity contribution is 5.97. The Balaban J connectivity index is 1.60. The normalized spacial score (nSPS) is 15.8. The van der Waals surface area contributed by atoms with Crippen LogP contribution in [0.25, 0.3) is 11.1 Å². The zero-order chi connectivity index (χ0) is 23.1. The Morgan fingerprint density at radius 1 is 0.909 bits per heavy atom. The van der Waals surface area contributed by atoms with E-state index >= 15 is 0 Å². The molecule has 0 unspecified atom stereocenters. The van der Waals surface area contributed by atoms with E-state index in [2.05, 4.69) is 12.1 Å². The summed E-state index contributed by atoms with van der Waals surface area (Å²) in [4.78, 5) is 27.3. The topological polar surface area (TPSA) is 65.1 Å². The fourth-order valence-corrected chi connectivity index (χ4v) is 5.11. The number of esters is 1. The molecule has 0 radical (unpaired) electrons. The minimum absolute atomic E-state index is 0.0535. The van der Waals surface area contributed by atoms with Crippen LogP contribution in [0.1, 0.15) is 43.4 Å². The second-order valence-corrected chi connectivity index (χ2v) is 8.25. The Bertz CT molecular complexity index is 1250. The van der Waals surface area contributed by atoms with Crippen LogP contribution in [-0.2, 0) is 17.6 Å². The second kappa shape index (κ2) is 8.28. The van der Waals surface area contributed by atoms with Gasteiger partial charge < -0.3 is 19.1 Å². The van der Waals surface area contributed by atoms with Crippen LogP contribution in [0.3, 0.4) is 0 Å². The van der Waals surface area contributed by atoms with Gasteiger partial charge in [-0.2, -0.15) is 0 Å². The van der Waals surface area contributed by atoms with Crippen LogP contribution < -0.4 is 9.47 Å². The van der Waals surface area contributed by atoms with Gasteiger partial charge in [-0.1, -0.05) is 24.3 Å². The number of methoxy groups -OCH3 is 3. The van der Waals surface area contributed by atoms with E-state index in [0.717, 1.165) is 29.5 Å². The number of rotatable bonds is 4. The van der Waals surface area contributed by atoms with E-state index < -0.39 is 5.97 Å². The summed E-state index contributed by atoms with van der Waals surface area (Å²) in [6, 6.07) is 16.9. The number of nitrogens with zero attached hydrogens (tertiary/aromatic N) is 1. The quantitative estimate of drug-likeness (QED) is 0.558. The third kappa shape index (κ3) is 3.33. The van der Waals surface area contributed by atoms with Crippen LogP contribution in [0.5, 0.6) is 11.5 Å². The maximum atomic E-state index is 13.6. The van der Waals surface area contributed by atoms with Gasteiger partial charge >= 0.3 is 5.97 Å². The molecule has 33 heavy (non-hydrogen) atoms. The molecule has 0 aromatic heterocycles. The van der Waals surface area contributed by atoms with Crippen LogP contribution in [0.2, 0.25) is 0 Å². The predicted octanol–water partition coefficient (Wildman–Crippen LogP) is 4.45. The van der Waals surface area contributed by atoms with E-state index in [1.54, 1.807) is 38.5 Å². The molecule has 0 bridgehead atoms. The lowest BCUT2D eigenvalue weighted by Gasteiger charge is -2.42. The minimum Gasteiger partial charge on any atom is -0.493 e. The van der Waals surface area contributed by atoms with E-state index in [9.17, 15) is 9.59 Å². The van der Waals surface area contributed by atoms with Crippen molar-refractivity contribution in [2.75, 3.05) is 27.9 Å². The maximum Gasteiger partial charge on any atom is 0.337 e. The number of carbonyl (C=O) groups is 2. The van der Waals surface area contributed by atoms with Crippen molar-refractivity contribution in [3.8, 4) is 22.6 Å². The van der Waals surface area contributed by atoms with E-state index in [1.807, 2.05) is 23.1 Å². The van der Waals surface area contributed by atoms with Crippen molar-refractivity contribution in [2.24, 2.45) is 0 Å². The number of hydrogen-bond donors (Lipinski definition) is 0. The van der Waals surface area contributed by atoms with Gasteiger partial charge in [0, 0.05) is 17.7 Å². The van der Waals surface area contributed by atoms with Crippen molar-refractivity contribution in [3.63, 3.8) is 0 Å². The molecule has 1 heterocycles. The summed E-state index contributed by atoms with van der Waals surface area (Å²) in [5.74, 6) is 0.933. The summed E-state index contributed by atoms with van der Waals surface area (Å²) in [5.41, 5.74) is 6.60. The summed E-state index contributed by atoms with van der Waals surface area (Å²) < 4.78 is 16.2. The molecule has 0 saturated heterocycles. The Kier molecular flexibility index (Phi) is 5.29. The fraction of sp³-hybridized carbons (Fsp3) is 0.259. The molecule has 0 spiro atoms. The van der Waals surface area contributed by atoms with E-state index in [4.69, 9.17) is 14.2 Å². The molecule has 6 nitrogen and oxygen atoms in total. The predicted molar refractivity (Wildman–Crippen MR) is 124 cm³/mol. The minimum atomic E-state index is -0.421. The summed E-state index contributed by atoms with van der Waals surface area (Å²) in [7, 11) is 4.65. The zero-order valence-corrected chi connectivity index (χ0v) is 18.9. The molecule has 6 heteroatoms. The summed E-state index contributed by atoms with van der Waals surface area (Å²) >= 11 is 0. The number of hydrogen-bond acceptors (Lipinski definition) is 5. The van der Waals surface area contributed by atoms with Crippen LogP contribution >= 0.6 is 0 Å². The van der Waals surface area contributed by atoms with Crippen molar-refractivity contribution in [3.05, 3.63) is 82.4 Å². The first-order chi connectivity index (χ1) is 16.1. The van der Waals surface area contributed by atoms with Crippen molar-refractivity contribution >= 4 is 11.9 Å². The maximum absolute atomic E-state index is 13.6. The lowest BCUT2D eigenvalue weighted by Crippen LogP contribution is -2.42. The lowest BCUT2D eigenvalue weighted by molar-refractivity contribution is 0.0598. The average molecular weight is 443 g/mol. The number of amides is 1. The number of ether oxygens (including phenoxy) is 3. The number of fused-ring (bicyclic) bond motifs is 2. The third-order valence-electron chi connectivity index (χ3n) is 6.64. The molecule has 1 amide bonds.